The first kappa shape index (κ1) is 40.6. The van der Waals surface area contributed by atoms with E-state index in [0.29, 0.717) is 0 Å². The van der Waals surface area contributed by atoms with Crippen LogP contribution in [0.2, 0.25) is 0 Å². The summed E-state index contributed by atoms with van der Waals surface area (Å²) in [4.78, 5) is 5.55. The van der Waals surface area contributed by atoms with E-state index in [1.165, 1.54) is 82.8 Å². The summed E-state index contributed by atoms with van der Waals surface area (Å²) in [6.45, 7) is 0. The van der Waals surface area contributed by atoms with Crippen molar-refractivity contribution in [1.29, 1.82) is 0 Å². The largest absolute Gasteiger partial charge is 0.282 e. The highest BCUT2D eigenvalue weighted by Crippen LogP contribution is 2.44. The van der Waals surface area contributed by atoms with Crippen LogP contribution in [0, 0.1) is 11.8 Å². The number of aryl methyl sites for hydroxylation is 1. The third kappa shape index (κ3) is 7.86. The van der Waals surface area contributed by atoms with Gasteiger partial charge in [-0.3, -0.25) is 20.9 Å². The lowest BCUT2D eigenvalue weighted by Crippen LogP contribution is -2.61. The number of rotatable bonds is 8. The van der Waals surface area contributed by atoms with E-state index in [2.05, 4.69) is 228 Å². The number of benzene rings is 7. The SMILES string of the molecule is C1=Cc2c(c3cc(C4=CC(C5NC(c6ccccc6)NC(c6ccccc6)N5)CC=C4C4=CC(C5CC(c6ccccc6)=CC(c6ccccc6)=N5)CC=C4)ccc3c3ccccc23)CC1. The van der Waals surface area contributed by atoms with Gasteiger partial charge in [0.15, 0.2) is 0 Å². The maximum atomic E-state index is 5.55. The van der Waals surface area contributed by atoms with Crippen LogP contribution in [0.1, 0.15) is 77.0 Å². The van der Waals surface area contributed by atoms with Crippen molar-refractivity contribution in [2.75, 3.05) is 0 Å². The minimum absolute atomic E-state index is 0.0107. The smallest absolute Gasteiger partial charge is 0.0862 e. The molecule has 3 N–H and O–H groups in total. The van der Waals surface area contributed by atoms with Gasteiger partial charge >= 0.3 is 0 Å². The number of hydrogen-bond donors (Lipinski definition) is 3. The van der Waals surface area contributed by atoms with Crippen molar-refractivity contribution in [3.05, 3.63) is 256 Å². The van der Waals surface area contributed by atoms with Gasteiger partial charge in [0.05, 0.1) is 30.3 Å². The second-order valence-corrected chi connectivity index (χ2v) is 18.5. The van der Waals surface area contributed by atoms with Crippen molar-refractivity contribution < 1.29 is 0 Å². The first-order chi connectivity index (χ1) is 32.7. The second kappa shape index (κ2) is 17.8. The lowest BCUT2D eigenvalue weighted by molar-refractivity contribution is 0.170. The highest BCUT2D eigenvalue weighted by Gasteiger charge is 2.35. The molecule has 5 unspecified atom stereocenters. The summed E-state index contributed by atoms with van der Waals surface area (Å²) in [5.41, 5.74) is 15.4. The van der Waals surface area contributed by atoms with Gasteiger partial charge in [-0.15, -0.1) is 0 Å². The summed E-state index contributed by atoms with van der Waals surface area (Å²) in [5, 5.41) is 17.3. The van der Waals surface area contributed by atoms with Crippen LogP contribution in [-0.4, -0.2) is 17.9 Å². The highest BCUT2D eigenvalue weighted by molar-refractivity contribution is 6.14. The van der Waals surface area contributed by atoms with Gasteiger partial charge < -0.3 is 0 Å². The normalized spacial score (nSPS) is 23.9. The maximum absolute atomic E-state index is 5.55. The van der Waals surface area contributed by atoms with Gasteiger partial charge in [0.2, 0.25) is 0 Å². The van der Waals surface area contributed by atoms with E-state index in [1.54, 1.807) is 0 Å². The van der Waals surface area contributed by atoms with Crippen LogP contribution in [-0.2, 0) is 6.42 Å². The number of nitrogens with one attached hydrogen (secondary N) is 3. The Balaban J connectivity index is 0.958. The second-order valence-electron chi connectivity index (χ2n) is 18.5. The fraction of sp³-hybridized carbons (Fsp3) is 0.177. The summed E-state index contributed by atoms with van der Waals surface area (Å²) >= 11 is 0. The molecular formula is C62H54N4. The van der Waals surface area contributed by atoms with Gasteiger partial charge in [0.1, 0.15) is 0 Å². The topological polar surface area (TPSA) is 48.4 Å². The van der Waals surface area contributed by atoms with Gasteiger partial charge in [0, 0.05) is 11.8 Å². The van der Waals surface area contributed by atoms with Crippen LogP contribution in [0.5, 0.6) is 0 Å². The van der Waals surface area contributed by atoms with Crippen LogP contribution >= 0.6 is 0 Å². The Morgan fingerprint density at radius 1 is 0.500 bits per heavy atom. The van der Waals surface area contributed by atoms with Crippen molar-refractivity contribution in [2.24, 2.45) is 16.8 Å². The molecule has 7 aromatic rings. The lowest BCUT2D eigenvalue weighted by atomic mass is 9.77. The summed E-state index contributed by atoms with van der Waals surface area (Å²) in [7, 11) is 0. The molecule has 3 aliphatic carbocycles. The highest BCUT2D eigenvalue weighted by atomic mass is 15.4. The molecule has 7 aromatic carbocycles. The third-order valence-electron chi connectivity index (χ3n) is 14.5. The van der Waals surface area contributed by atoms with Crippen LogP contribution in [0.4, 0.5) is 0 Å². The zero-order valence-electron chi connectivity index (χ0n) is 37.2. The molecule has 322 valence electrons. The van der Waals surface area contributed by atoms with E-state index in [9.17, 15) is 0 Å². The fourth-order valence-electron chi connectivity index (χ4n) is 11.2. The van der Waals surface area contributed by atoms with E-state index in [4.69, 9.17) is 4.99 Å². The predicted octanol–water partition coefficient (Wildman–Crippen LogP) is 13.6. The molecule has 2 aliphatic heterocycles. The van der Waals surface area contributed by atoms with E-state index >= 15 is 0 Å². The van der Waals surface area contributed by atoms with Crippen LogP contribution in [0.3, 0.4) is 0 Å². The van der Waals surface area contributed by atoms with Crippen LogP contribution in [0.15, 0.2) is 222 Å². The molecule has 4 heteroatoms. The maximum Gasteiger partial charge on any atom is 0.0862 e. The molecule has 0 bridgehead atoms. The third-order valence-corrected chi connectivity index (χ3v) is 14.5. The van der Waals surface area contributed by atoms with Gasteiger partial charge in [-0.1, -0.05) is 200 Å². The Kier molecular flexibility index (Phi) is 10.9. The Morgan fingerprint density at radius 2 is 1.15 bits per heavy atom. The van der Waals surface area contributed by atoms with Crippen molar-refractivity contribution in [2.45, 2.75) is 56.6 Å². The van der Waals surface area contributed by atoms with Crippen molar-refractivity contribution >= 4 is 44.5 Å². The van der Waals surface area contributed by atoms with Crippen LogP contribution < -0.4 is 16.0 Å². The standard InChI is InChI=1S/C62H54N4/c1-5-18-41(19-6-1)49-39-58(42-20-7-2-8-21-42)63-59(40-49)47-27-17-26-45(36-47)50-34-33-48(62-65-60(43-22-9-3-10-23-43)64-61(66-62)44-24-11-4-12-25-44)38-56(50)46-32-35-55-53-30-14-13-28-51(53)52-29-15-16-31-54(52)57(55)37-46/h1-15,17-26,28-30,32,34-39,47-48,59-62,64-66H,16,27,31,33,40H2. The molecule has 5 atom stereocenters. The zero-order valence-corrected chi connectivity index (χ0v) is 37.2. The van der Waals surface area contributed by atoms with E-state index in [0.717, 1.165) is 37.8 Å². The molecule has 0 aromatic heterocycles. The van der Waals surface area contributed by atoms with Gasteiger partial charge in [-0.05, 0) is 127 Å². The Bertz CT molecular complexity index is 3110. The first-order valence-corrected chi connectivity index (χ1v) is 23.9. The molecule has 1 saturated heterocycles. The molecule has 5 aliphatic rings. The average Bonchev–Trinajstić information content (AvgIpc) is 3.41. The monoisotopic (exact) mass is 854 g/mol. The zero-order chi connectivity index (χ0) is 43.8. The number of hydrogen-bond acceptors (Lipinski definition) is 4. The van der Waals surface area contributed by atoms with E-state index in [-0.39, 0.29) is 36.4 Å². The van der Waals surface area contributed by atoms with Gasteiger partial charge in [-0.25, -0.2) is 0 Å². The molecule has 0 spiro atoms. The average molecular weight is 855 g/mol. The summed E-state index contributed by atoms with van der Waals surface area (Å²) in [5.74, 6) is 0.440. The lowest BCUT2D eigenvalue weighted by Gasteiger charge is -2.43. The number of allylic oxidation sites excluding steroid dienone is 8. The molecule has 0 saturated carbocycles. The minimum Gasteiger partial charge on any atom is -0.282 e. The molecule has 0 radical (unpaired) electrons. The first-order valence-electron chi connectivity index (χ1n) is 23.9. The van der Waals surface area contributed by atoms with E-state index in [1.807, 2.05) is 0 Å². The number of dihydropyridines is 1. The molecule has 0 amide bonds. The molecule has 66 heavy (non-hydrogen) atoms. The Morgan fingerprint density at radius 3 is 1.88 bits per heavy atom. The van der Waals surface area contributed by atoms with Crippen molar-refractivity contribution in [3.63, 3.8) is 0 Å². The molecule has 1 fully saturated rings. The molecule has 2 heterocycles. The van der Waals surface area contributed by atoms with E-state index < -0.39 is 0 Å². The Labute approximate surface area is 388 Å². The summed E-state index contributed by atoms with van der Waals surface area (Å²) in [6, 6.07) is 59.6. The minimum atomic E-state index is -0.0187. The predicted molar refractivity (Wildman–Crippen MR) is 276 cm³/mol. The summed E-state index contributed by atoms with van der Waals surface area (Å²) in [6.07, 6.45) is 24.4. The van der Waals surface area contributed by atoms with Gasteiger partial charge in [-0.2, -0.15) is 0 Å². The van der Waals surface area contributed by atoms with Crippen molar-refractivity contribution in [3.8, 4) is 0 Å². The number of nitrogens with zero attached hydrogens (tertiary/aromatic N) is 1. The Hall–Kier alpha value is -6.95. The molecular weight excluding hydrogens is 801 g/mol. The quantitative estimate of drug-likeness (QED) is 0.134. The van der Waals surface area contributed by atoms with Gasteiger partial charge in [0.25, 0.3) is 0 Å². The molecule has 4 nitrogen and oxygen atoms in total. The van der Waals surface area contributed by atoms with Crippen LogP contribution in [0.25, 0.3) is 38.8 Å². The number of aliphatic imine (C=N–C) groups is 1. The number of fused-ring (bicyclic) bond motifs is 6. The van der Waals surface area contributed by atoms with Crippen molar-refractivity contribution in [1.82, 2.24) is 16.0 Å². The molecule has 12 rings (SSSR count). The summed E-state index contributed by atoms with van der Waals surface area (Å²) < 4.78 is 0. The fourth-order valence-corrected chi connectivity index (χ4v) is 11.2.